The summed E-state index contributed by atoms with van der Waals surface area (Å²) in [6, 6.07) is 35.2. The number of hydrogen-bond donors (Lipinski definition) is 0. The van der Waals surface area contributed by atoms with Gasteiger partial charge >= 0.3 is 11.9 Å². The highest BCUT2D eigenvalue weighted by atomic mass is 32.2. The standard InChI is InChI=1S/C58H72N4O10S2/c63-57(71-61(31-13-3-1-4-14-32-61)35-17-37-65-51-27-23-47(24-28-51)53-43-59-55(69-53)45-73-41-39-67-49-19-9-7-10-20-49)58(64)72-62(33-15-5-2-6-16-34-62)36-18-38-66-52-29-25-48(26-30-52)54-44-60-56(70-54)46-74-42-40-68-50-21-11-8-12-22-50/h7-12,19-30,43-44H,1-6,13-18,31-42,45-46H2/q+2. The number of hydroxylamine groups is 6. The van der Waals surface area contributed by atoms with Crippen molar-refractivity contribution in [2.45, 2.75) is 88.6 Å². The molecule has 0 saturated carbocycles. The first-order chi connectivity index (χ1) is 36.4. The van der Waals surface area contributed by atoms with Crippen LogP contribution in [0.2, 0.25) is 0 Å². The molecule has 0 spiro atoms. The number of para-hydroxylation sites is 2. The van der Waals surface area contributed by atoms with E-state index < -0.39 is 11.9 Å². The number of oxazole rings is 2. The number of carbonyl (C=O) groups is 2. The second kappa shape index (κ2) is 29.2. The lowest BCUT2D eigenvalue weighted by Gasteiger charge is -2.37. The highest BCUT2D eigenvalue weighted by Gasteiger charge is 2.42. The summed E-state index contributed by atoms with van der Waals surface area (Å²) >= 11 is 3.43. The van der Waals surface area contributed by atoms with Crippen LogP contribution in [0.4, 0.5) is 0 Å². The van der Waals surface area contributed by atoms with Gasteiger partial charge in [0, 0.05) is 61.2 Å². The van der Waals surface area contributed by atoms with Crippen molar-refractivity contribution in [1.82, 2.24) is 9.97 Å². The number of likely N-dealkylation sites (tertiary alicyclic amines) is 2. The number of carbonyl (C=O) groups excluding carboxylic acids is 2. The Bertz CT molecular complexity index is 2370. The number of nitrogens with zero attached hydrogens (tertiary/aromatic N) is 4. The molecule has 8 rings (SSSR count). The molecule has 0 aliphatic carbocycles. The molecular weight excluding hydrogens is 977 g/mol. The van der Waals surface area contributed by atoms with E-state index >= 15 is 0 Å². The van der Waals surface area contributed by atoms with Crippen molar-refractivity contribution in [2.24, 2.45) is 0 Å². The lowest BCUT2D eigenvalue weighted by atomic mass is 10.1. The maximum Gasteiger partial charge on any atom is 0.480 e. The van der Waals surface area contributed by atoms with Gasteiger partial charge in [-0.3, -0.25) is 9.68 Å². The molecule has 394 valence electrons. The quantitative estimate of drug-likeness (QED) is 0.0289. The number of benzene rings is 4. The van der Waals surface area contributed by atoms with E-state index in [-0.39, 0.29) is 9.29 Å². The first-order valence-electron chi connectivity index (χ1n) is 26.5. The maximum atomic E-state index is 13.9. The predicted octanol–water partition coefficient (Wildman–Crippen LogP) is 12.3. The Morgan fingerprint density at radius 3 is 1.19 bits per heavy atom. The minimum atomic E-state index is -0.921. The molecule has 4 heterocycles. The smallest absolute Gasteiger partial charge is 0.480 e. The lowest BCUT2D eigenvalue weighted by molar-refractivity contribution is -1.09. The van der Waals surface area contributed by atoms with Crippen LogP contribution >= 0.6 is 23.5 Å². The Balaban J connectivity index is 0.773. The van der Waals surface area contributed by atoms with E-state index in [2.05, 4.69) is 9.97 Å². The number of rotatable bonds is 26. The van der Waals surface area contributed by atoms with Crippen molar-refractivity contribution in [1.29, 1.82) is 0 Å². The van der Waals surface area contributed by atoms with Crippen LogP contribution in [-0.2, 0) is 30.8 Å². The van der Waals surface area contributed by atoms with E-state index in [4.69, 9.17) is 37.5 Å². The monoisotopic (exact) mass is 1050 g/mol. The number of ether oxygens (including phenoxy) is 4. The molecule has 4 aromatic carbocycles. The van der Waals surface area contributed by atoms with Crippen molar-refractivity contribution in [2.75, 3.05) is 77.2 Å². The average molecular weight is 1050 g/mol. The summed E-state index contributed by atoms with van der Waals surface area (Å²) in [7, 11) is 0. The van der Waals surface area contributed by atoms with Gasteiger partial charge in [-0.15, -0.1) is 32.8 Å². The summed E-state index contributed by atoms with van der Waals surface area (Å²) in [6.45, 7) is 5.76. The van der Waals surface area contributed by atoms with Crippen molar-refractivity contribution in [3.05, 3.63) is 133 Å². The topological polar surface area (TPSA) is 142 Å². The van der Waals surface area contributed by atoms with Gasteiger partial charge in [-0.05, 0) is 98.5 Å². The van der Waals surface area contributed by atoms with Crippen molar-refractivity contribution < 1.29 is 56.3 Å². The Hall–Kier alpha value is -5.94. The van der Waals surface area contributed by atoms with Gasteiger partial charge in [0.2, 0.25) is 11.8 Å². The first-order valence-corrected chi connectivity index (χ1v) is 28.8. The second-order valence-electron chi connectivity index (χ2n) is 18.9. The first kappa shape index (κ1) is 54.3. The molecule has 2 aliphatic heterocycles. The van der Waals surface area contributed by atoms with E-state index in [0.29, 0.717) is 113 Å². The van der Waals surface area contributed by atoms with E-state index in [1.807, 2.05) is 109 Å². The van der Waals surface area contributed by atoms with E-state index in [0.717, 1.165) is 110 Å². The third-order valence-corrected chi connectivity index (χ3v) is 15.1. The van der Waals surface area contributed by atoms with Crippen LogP contribution in [0.5, 0.6) is 23.0 Å². The number of quaternary nitrogens is 2. The van der Waals surface area contributed by atoms with E-state index in [1.54, 1.807) is 35.9 Å². The summed E-state index contributed by atoms with van der Waals surface area (Å²) in [5, 5.41) is 0. The fourth-order valence-corrected chi connectivity index (χ4v) is 10.7. The Kier molecular flexibility index (Phi) is 21.5. The van der Waals surface area contributed by atoms with Gasteiger partial charge in [0.05, 0.1) is 50.3 Å². The highest BCUT2D eigenvalue weighted by molar-refractivity contribution is 7.98. The Labute approximate surface area is 444 Å². The second-order valence-corrected chi connectivity index (χ2v) is 21.1. The minimum absolute atomic E-state index is 0.0943. The molecule has 0 unspecified atom stereocenters. The molecule has 14 nitrogen and oxygen atoms in total. The van der Waals surface area contributed by atoms with Gasteiger partial charge in [0.1, 0.15) is 62.3 Å². The zero-order valence-corrected chi connectivity index (χ0v) is 44.3. The molecule has 0 radical (unpaired) electrons. The zero-order chi connectivity index (χ0) is 50.9. The third kappa shape index (κ3) is 17.6. The molecule has 74 heavy (non-hydrogen) atoms. The molecule has 0 N–H and O–H groups in total. The predicted molar refractivity (Wildman–Crippen MR) is 288 cm³/mol. The van der Waals surface area contributed by atoms with Crippen LogP contribution in [0.25, 0.3) is 22.6 Å². The van der Waals surface area contributed by atoms with Gasteiger partial charge in [0.15, 0.2) is 11.5 Å². The number of aromatic nitrogens is 2. The molecular formula is C58H72N4O10S2+2. The molecule has 2 aromatic heterocycles. The van der Waals surface area contributed by atoms with Gasteiger partial charge in [0.25, 0.3) is 0 Å². The summed E-state index contributed by atoms with van der Waals surface area (Å²) in [5.41, 5.74) is 1.83. The molecule has 6 aromatic rings. The van der Waals surface area contributed by atoms with Crippen molar-refractivity contribution in [3.63, 3.8) is 0 Å². The fourth-order valence-electron chi connectivity index (χ4n) is 9.36. The van der Waals surface area contributed by atoms with Gasteiger partial charge in [-0.2, -0.15) is 0 Å². The molecule has 0 atom stereocenters. The largest absolute Gasteiger partial charge is 0.493 e. The maximum absolute atomic E-state index is 13.9. The highest BCUT2D eigenvalue weighted by Crippen LogP contribution is 2.28. The van der Waals surface area contributed by atoms with Crippen molar-refractivity contribution >= 4 is 35.5 Å². The number of thioether (sulfide) groups is 2. The average Bonchev–Trinajstić information content (AvgIpc) is 4.10. The molecule has 0 bridgehead atoms. The van der Waals surface area contributed by atoms with Crippen LogP contribution in [0.1, 0.15) is 88.8 Å². The van der Waals surface area contributed by atoms with Crippen LogP contribution in [0.3, 0.4) is 0 Å². The van der Waals surface area contributed by atoms with E-state index in [1.165, 1.54) is 0 Å². The lowest BCUT2D eigenvalue weighted by Crippen LogP contribution is -2.56. The molecule has 16 heteroatoms. The van der Waals surface area contributed by atoms with Gasteiger partial charge in [-0.1, -0.05) is 49.2 Å². The molecule has 2 aliphatic rings. The van der Waals surface area contributed by atoms with Crippen LogP contribution in [0, 0.1) is 0 Å². The minimum Gasteiger partial charge on any atom is -0.493 e. The Morgan fingerprint density at radius 1 is 0.446 bits per heavy atom. The Morgan fingerprint density at radius 2 is 0.797 bits per heavy atom. The summed E-state index contributed by atoms with van der Waals surface area (Å²) in [4.78, 5) is 49.2. The van der Waals surface area contributed by atoms with Gasteiger partial charge in [-0.25, -0.2) is 19.6 Å². The summed E-state index contributed by atoms with van der Waals surface area (Å²) in [5.74, 6) is 7.08. The zero-order valence-electron chi connectivity index (χ0n) is 42.6. The normalized spacial score (nSPS) is 15.6. The molecule has 2 fully saturated rings. The SMILES string of the molecule is O=C(O[N+]1(CCCOc2ccc(-c3cnc(CSCCOc4ccccc4)o3)cc2)CCCCCCC1)C(=O)O[N+]1(CCCOc2ccc(-c3cnc(CSCCOc4ccccc4)o3)cc2)CCCCCCC1. The van der Waals surface area contributed by atoms with Crippen LogP contribution in [0.15, 0.2) is 130 Å². The van der Waals surface area contributed by atoms with E-state index in [9.17, 15) is 9.59 Å². The molecule has 2 saturated heterocycles. The molecule has 0 amide bonds. The van der Waals surface area contributed by atoms with Crippen LogP contribution in [-0.4, -0.2) is 108 Å². The van der Waals surface area contributed by atoms with Crippen LogP contribution < -0.4 is 18.9 Å². The number of hydrogen-bond acceptors (Lipinski definition) is 14. The third-order valence-electron chi connectivity index (χ3n) is 13.3. The van der Waals surface area contributed by atoms with Crippen molar-refractivity contribution in [3.8, 4) is 45.6 Å². The van der Waals surface area contributed by atoms with Gasteiger partial charge < -0.3 is 27.8 Å². The summed E-state index contributed by atoms with van der Waals surface area (Å²) < 4.78 is 36.2. The summed E-state index contributed by atoms with van der Waals surface area (Å²) in [6.07, 6.45) is 15.0. The fraction of sp³-hybridized carbons (Fsp3) is 0.448.